The third-order valence-corrected chi connectivity index (χ3v) is 5.26. The fourth-order valence-electron chi connectivity index (χ4n) is 3.91. The van der Waals surface area contributed by atoms with E-state index in [0.29, 0.717) is 6.54 Å². The number of carbonyl (C=O) groups is 2. The number of nitrogens with zero attached hydrogens (tertiary/aromatic N) is 1. The van der Waals surface area contributed by atoms with Crippen molar-refractivity contribution in [3.63, 3.8) is 0 Å². The molecule has 1 heterocycles. The number of benzene rings is 1. The fraction of sp³-hybridized carbons (Fsp3) is 0.579. The molecule has 2 aliphatic rings. The number of rotatable bonds is 6. The van der Waals surface area contributed by atoms with Crippen LogP contribution in [0.15, 0.2) is 30.3 Å². The molecule has 1 spiro atoms. The van der Waals surface area contributed by atoms with Gasteiger partial charge in [0, 0.05) is 25.8 Å². The van der Waals surface area contributed by atoms with Gasteiger partial charge in [0.25, 0.3) is 0 Å². The van der Waals surface area contributed by atoms with Gasteiger partial charge in [-0.25, -0.2) is 0 Å². The minimum atomic E-state index is -0.512. The zero-order valence-corrected chi connectivity index (χ0v) is 14.3. The lowest BCUT2D eigenvalue weighted by molar-refractivity contribution is -0.149. The first-order valence-electron chi connectivity index (χ1n) is 8.86. The first-order chi connectivity index (χ1) is 11.6. The van der Waals surface area contributed by atoms with Crippen molar-refractivity contribution in [3.8, 4) is 0 Å². The minimum absolute atomic E-state index is 0.0230. The third kappa shape index (κ3) is 3.55. The highest BCUT2D eigenvalue weighted by Crippen LogP contribution is 2.45. The van der Waals surface area contributed by atoms with Gasteiger partial charge < -0.3 is 15.0 Å². The second-order valence-corrected chi connectivity index (χ2v) is 6.90. The Bertz CT molecular complexity index is 582. The molecule has 1 saturated heterocycles. The van der Waals surface area contributed by atoms with E-state index in [4.69, 9.17) is 4.74 Å². The number of para-hydroxylation sites is 1. The van der Waals surface area contributed by atoms with Gasteiger partial charge in [-0.1, -0.05) is 18.2 Å². The number of ether oxygens (including phenoxy) is 1. The standard InChI is InChI=1S/C19H26N2O3/c1-21(15-8-3-2-4-9-15)13-7-12-20-18(23)16-14-17(22)24-19(16)10-5-6-11-19/h2-4,8-9,16H,5-7,10-14H2,1H3,(H,20,23)/t16-/m0/s1. The molecular formula is C19H26N2O3. The lowest BCUT2D eigenvalue weighted by atomic mass is 9.85. The number of carbonyl (C=O) groups excluding carboxylic acids is 2. The van der Waals surface area contributed by atoms with Gasteiger partial charge in [0.05, 0.1) is 12.3 Å². The minimum Gasteiger partial charge on any atom is -0.458 e. The molecule has 0 unspecified atom stereocenters. The van der Waals surface area contributed by atoms with Crippen LogP contribution < -0.4 is 10.2 Å². The molecule has 1 atom stereocenters. The SMILES string of the molecule is CN(CCCNC(=O)[C@@H]1CC(=O)OC12CCCC2)c1ccccc1. The lowest BCUT2D eigenvalue weighted by Gasteiger charge is -2.28. The molecule has 5 nitrogen and oxygen atoms in total. The molecule has 0 bridgehead atoms. The van der Waals surface area contributed by atoms with Gasteiger partial charge in [-0.15, -0.1) is 0 Å². The second kappa shape index (κ2) is 7.24. The Hall–Kier alpha value is -2.04. The molecule has 0 aromatic heterocycles. The molecule has 130 valence electrons. The van der Waals surface area contributed by atoms with Gasteiger partial charge in [-0.2, -0.15) is 0 Å². The predicted molar refractivity (Wildman–Crippen MR) is 92.7 cm³/mol. The van der Waals surface area contributed by atoms with Crippen molar-refractivity contribution < 1.29 is 14.3 Å². The molecule has 1 aliphatic carbocycles. The van der Waals surface area contributed by atoms with E-state index < -0.39 is 5.60 Å². The Morgan fingerprint density at radius 2 is 2.00 bits per heavy atom. The van der Waals surface area contributed by atoms with Crippen molar-refractivity contribution in [2.45, 2.75) is 44.1 Å². The van der Waals surface area contributed by atoms with Crippen LogP contribution in [0.3, 0.4) is 0 Å². The van der Waals surface area contributed by atoms with Crippen LogP contribution in [-0.4, -0.2) is 37.6 Å². The van der Waals surface area contributed by atoms with Crippen molar-refractivity contribution in [3.05, 3.63) is 30.3 Å². The van der Waals surface area contributed by atoms with E-state index in [1.807, 2.05) is 25.2 Å². The first-order valence-corrected chi connectivity index (χ1v) is 8.86. The quantitative estimate of drug-likeness (QED) is 0.643. The smallest absolute Gasteiger partial charge is 0.307 e. The zero-order valence-electron chi connectivity index (χ0n) is 14.3. The summed E-state index contributed by atoms with van der Waals surface area (Å²) in [5.74, 6) is -0.551. The summed E-state index contributed by atoms with van der Waals surface area (Å²) in [6, 6.07) is 10.2. The van der Waals surface area contributed by atoms with Crippen LogP contribution in [0.1, 0.15) is 38.5 Å². The number of esters is 1. The highest BCUT2D eigenvalue weighted by Gasteiger charge is 2.53. The number of hydrogen-bond acceptors (Lipinski definition) is 4. The average molecular weight is 330 g/mol. The first kappa shape index (κ1) is 16.8. The van der Waals surface area contributed by atoms with Crippen LogP contribution in [0, 0.1) is 5.92 Å². The molecule has 1 aliphatic heterocycles. The number of nitrogens with one attached hydrogen (secondary N) is 1. The van der Waals surface area contributed by atoms with Crippen LogP contribution in [0.2, 0.25) is 0 Å². The summed E-state index contributed by atoms with van der Waals surface area (Å²) in [5.41, 5.74) is 0.658. The Morgan fingerprint density at radius 3 is 2.71 bits per heavy atom. The number of hydrogen-bond donors (Lipinski definition) is 1. The summed E-state index contributed by atoms with van der Waals surface area (Å²) in [4.78, 5) is 26.4. The van der Waals surface area contributed by atoms with Crippen LogP contribution in [-0.2, 0) is 14.3 Å². The highest BCUT2D eigenvalue weighted by molar-refractivity contribution is 5.87. The Balaban J connectivity index is 1.45. The van der Waals surface area contributed by atoms with Crippen molar-refractivity contribution >= 4 is 17.6 Å². The monoisotopic (exact) mass is 330 g/mol. The van der Waals surface area contributed by atoms with E-state index in [-0.39, 0.29) is 24.2 Å². The largest absolute Gasteiger partial charge is 0.458 e. The molecule has 1 aromatic carbocycles. The molecule has 5 heteroatoms. The normalized spacial score (nSPS) is 21.7. The number of amides is 1. The Labute approximate surface area is 143 Å². The third-order valence-electron chi connectivity index (χ3n) is 5.26. The average Bonchev–Trinajstić information content (AvgIpc) is 3.19. The van der Waals surface area contributed by atoms with Crippen LogP contribution in [0.25, 0.3) is 0 Å². The lowest BCUT2D eigenvalue weighted by Crippen LogP contribution is -2.43. The Morgan fingerprint density at radius 1 is 1.29 bits per heavy atom. The van der Waals surface area contributed by atoms with E-state index in [1.54, 1.807) is 0 Å². The van der Waals surface area contributed by atoms with E-state index in [9.17, 15) is 9.59 Å². The molecule has 1 N–H and O–H groups in total. The van der Waals surface area contributed by atoms with Crippen molar-refractivity contribution in [2.24, 2.45) is 5.92 Å². The van der Waals surface area contributed by atoms with Crippen molar-refractivity contribution in [1.29, 1.82) is 0 Å². The van der Waals surface area contributed by atoms with Gasteiger partial charge in [0.1, 0.15) is 5.60 Å². The van der Waals surface area contributed by atoms with Gasteiger partial charge in [-0.05, 0) is 44.2 Å². The maximum absolute atomic E-state index is 12.5. The predicted octanol–water partition coefficient (Wildman–Crippen LogP) is 2.51. The maximum atomic E-state index is 12.5. The molecule has 0 radical (unpaired) electrons. The summed E-state index contributed by atoms with van der Waals surface area (Å²) >= 11 is 0. The van der Waals surface area contributed by atoms with E-state index in [2.05, 4.69) is 22.3 Å². The van der Waals surface area contributed by atoms with Gasteiger partial charge in [-0.3, -0.25) is 9.59 Å². The number of anilines is 1. The summed E-state index contributed by atoms with van der Waals surface area (Å²) in [6.45, 7) is 1.49. The molecule has 1 saturated carbocycles. The Kier molecular flexibility index (Phi) is 5.07. The molecule has 24 heavy (non-hydrogen) atoms. The molecule has 2 fully saturated rings. The van der Waals surface area contributed by atoms with Crippen LogP contribution in [0.4, 0.5) is 5.69 Å². The molecule has 1 amide bonds. The van der Waals surface area contributed by atoms with Crippen molar-refractivity contribution in [2.75, 3.05) is 25.0 Å². The van der Waals surface area contributed by atoms with Crippen LogP contribution in [0.5, 0.6) is 0 Å². The summed E-state index contributed by atoms with van der Waals surface area (Å²) in [5, 5.41) is 3.01. The summed E-state index contributed by atoms with van der Waals surface area (Å²) in [6.07, 6.45) is 4.83. The summed E-state index contributed by atoms with van der Waals surface area (Å²) in [7, 11) is 2.05. The summed E-state index contributed by atoms with van der Waals surface area (Å²) < 4.78 is 5.54. The van der Waals surface area contributed by atoms with E-state index in [1.165, 1.54) is 5.69 Å². The fourth-order valence-corrected chi connectivity index (χ4v) is 3.91. The van der Waals surface area contributed by atoms with Gasteiger partial charge in [0.15, 0.2) is 0 Å². The topological polar surface area (TPSA) is 58.6 Å². The zero-order chi connectivity index (χ0) is 17.0. The van der Waals surface area contributed by atoms with E-state index in [0.717, 1.165) is 38.6 Å². The molecular weight excluding hydrogens is 304 g/mol. The van der Waals surface area contributed by atoms with Gasteiger partial charge in [0.2, 0.25) is 5.91 Å². The maximum Gasteiger partial charge on any atom is 0.307 e. The van der Waals surface area contributed by atoms with Crippen molar-refractivity contribution in [1.82, 2.24) is 5.32 Å². The van der Waals surface area contributed by atoms with Crippen LogP contribution >= 0.6 is 0 Å². The molecule has 3 rings (SSSR count). The molecule has 1 aromatic rings. The van der Waals surface area contributed by atoms with E-state index >= 15 is 0 Å². The highest BCUT2D eigenvalue weighted by atomic mass is 16.6. The second-order valence-electron chi connectivity index (χ2n) is 6.90. The van der Waals surface area contributed by atoms with Gasteiger partial charge >= 0.3 is 5.97 Å².